The SMILES string of the molecule is CCCCCCC(C)Oc1ccc(Cc2ccc(OC(=O)C(C)CC)cc2)cc1. The van der Waals surface area contributed by atoms with Gasteiger partial charge in [-0.1, -0.05) is 64.3 Å². The molecule has 0 amide bonds. The standard InChI is InChI=1S/C26H36O3/c1-5-7-8-9-10-21(4)28-24-15-11-22(12-16-24)19-23-13-17-25(18-14-23)29-26(27)20(3)6-2/h11-18,20-21H,5-10,19H2,1-4H3. The molecule has 0 fully saturated rings. The Morgan fingerprint density at radius 1 is 0.828 bits per heavy atom. The summed E-state index contributed by atoms with van der Waals surface area (Å²) >= 11 is 0. The van der Waals surface area contributed by atoms with Crippen LogP contribution in [-0.4, -0.2) is 12.1 Å². The van der Waals surface area contributed by atoms with Crippen LogP contribution in [0.5, 0.6) is 11.5 Å². The molecule has 0 radical (unpaired) electrons. The summed E-state index contributed by atoms with van der Waals surface area (Å²) in [6.45, 7) is 8.25. The second-order valence-electron chi connectivity index (χ2n) is 7.97. The maximum atomic E-state index is 11.9. The quantitative estimate of drug-likeness (QED) is 0.221. The van der Waals surface area contributed by atoms with Crippen molar-refractivity contribution in [3.63, 3.8) is 0 Å². The molecule has 3 nitrogen and oxygen atoms in total. The van der Waals surface area contributed by atoms with Crippen molar-refractivity contribution in [1.82, 2.24) is 0 Å². The normalized spacial score (nSPS) is 13.0. The molecule has 2 aromatic carbocycles. The molecule has 0 aliphatic rings. The lowest BCUT2D eigenvalue weighted by atomic mass is 10.0. The predicted octanol–water partition coefficient (Wildman–Crippen LogP) is 6.97. The van der Waals surface area contributed by atoms with Gasteiger partial charge in [-0.3, -0.25) is 4.79 Å². The molecule has 3 heteroatoms. The number of esters is 1. The molecule has 0 N–H and O–H groups in total. The van der Waals surface area contributed by atoms with E-state index in [-0.39, 0.29) is 18.0 Å². The summed E-state index contributed by atoms with van der Waals surface area (Å²) in [5.41, 5.74) is 2.42. The van der Waals surface area contributed by atoms with E-state index in [1.165, 1.54) is 36.8 Å². The zero-order valence-corrected chi connectivity index (χ0v) is 18.4. The first-order chi connectivity index (χ1) is 14.0. The van der Waals surface area contributed by atoms with Gasteiger partial charge in [0.2, 0.25) is 0 Å². The first-order valence-electron chi connectivity index (χ1n) is 11.1. The van der Waals surface area contributed by atoms with E-state index >= 15 is 0 Å². The molecule has 2 rings (SSSR count). The van der Waals surface area contributed by atoms with Crippen molar-refractivity contribution in [2.75, 3.05) is 0 Å². The van der Waals surface area contributed by atoms with Gasteiger partial charge in [0, 0.05) is 0 Å². The number of benzene rings is 2. The third-order valence-corrected chi connectivity index (χ3v) is 5.29. The van der Waals surface area contributed by atoms with Gasteiger partial charge in [0.05, 0.1) is 12.0 Å². The van der Waals surface area contributed by atoms with E-state index in [1.807, 2.05) is 38.1 Å². The van der Waals surface area contributed by atoms with Gasteiger partial charge in [0.25, 0.3) is 0 Å². The molecular formula is C26H36O3. The van der Waals surface area contributed by atoms with E-state index in [4.69, 9.17) is 9.47 Å². The fourth-order valence-electron chi connectivity index (χ4n) is 3.13. The third kappa shape index (κ3) is 8.31. The van der Waals surface area contributed by atoms with Crippen LogP contribution in [0, 0.1) is 5.92 Å². The largest absolute Gasteiger partial charge is 0.491 e. The van der Waals surface area contributed by atoms with Crippen LogP contribution in [-0.2, 0) is 11.2 Å². The minimum absolute atomic E-state index is 0.0746. The van der Waals surface area contributed by atoms with Gasteiger partial charge in [-0.05, 0) is 68.0 Å². The van der Waals surface area contributed by atoms with Crippen molar-refractivity contribution >= 4 is 5.97 Å². The summed E-state index contributed by atoms with van der Waals surface area (Å²) in [5.74, 6) is 1.30. The minimum Gasteiger partial charge on any atom is -0.491 e. The number of rotatable bonds is 12. The van der Waals surface area contributed by atoms with Crippen molar-refractivity contribution in [3.05, 3.63) is 59.7 Å². The van der Waals surface area contributed by atoms with Crippen LogP contribution in [0.1, 0.15) is 77.3 Å². The molecule has 2 aromatic rings. The van der Waals surface area contributed by atoms with Gasteiger partial charge in [-0.15, -0.1) is 0 Å². The summed E-state index contributed by atoms with van der Waals surface area (Å²) < 4.78 is 11.4. The number of hydrogen-bond donors (Lipinski definition) is 0. The van der Waals surface area contributed by atoms with Gasteiger partial charge in [0.15, 0.2) is 0 Å². The Labute approximate surface area is 176 Å². The Kier molecular flexibility index (Phi) is 9.76. The van der Waals surface area contributed by atoms with Crippen LogP contribution in [0.4, 0.5) is 0 Å². The number of unbranched alkanes of at least 4 members (excludes halogenated alkanes) is 3. The first kappa shape index (κ1) is 23.0. The number of carbonyl (C=O) groups excluding carboxylic acids is 1. The lowest BCUT2D eigenvalue weighted by Gasteiger charge is -2.15. The average Bonchev–Trinajstić information content (AvgIpc) is 2.73. The van der Waals surface area contributed by atoms with E-state index in [2.05, 4.69) is 38.1 Å². The second-order valence-corrected chi connectivity index (χ2v) is 7.97. The Balaban J connectivity index is 1.82. The lowest BCUT2D eigenvalue weighted by Crippen LogP contribution is -2.16. The summed E-state index contributed by atoms with van der Waals surface area (Å²) in [5, 5.41) is 0. The van der Waals surface area contributed by atoms with Crippen LogP contribution in [0.3, 0.4) is 0 Å². The maximum absolute atomic E-state index is 11.9. The molecule has 0 heterocycles. The monoisotopic (exact) mass is 396 g/mol. The third-order valence-electron chi connectivity index (χ3n) is 5.29. The molecule has 29 heavy (non-hydrogen) atoms. The van der Waals surface area contributed by atoms with Crippen LogP contribution in [0.25, 0.3) is 0 Å². The van der Waals surface area contributed by atoms with E-state index in [1.54, 1.807) is 0 Å². The zero-order valence-electron chi connectivity index (χ0n) is 18.4. The summed E-state index contributed by atoms with van der Waals surface area (Å²) in [6, 6.07) is 16.1. The van der Waals surface area contributed by atoms with Crippen molar-refractivity contribution in [2.24, 2.45) is 5.92 Å². The number of ether oxygens (including phenoxy) is 2. The van der Waals surface area contributed by atoms with Crippen LogP contribution in [0.2, 0.25) is 0 Å². The van der Waals surface area contributed by atoms with Gasteiger partial charge in [-0.25, -0.2) is 0 Å². The minimum atomic E-state index is -0.171. The predicted molar refractivity (Wildman–Crippen MR) is 120 cm³/mol. The van der Waals surface area contributed by atoms with E-state index in [9.17, 15) is 4.79 Å². The highest BCUT2D eigenvalue weighted by Gasteiger charge is 2.12. The molecule has 0 saturated heterocycles. The molecule has 0 spiro atoms. The Morgan fingerprint density at radius 3 is 1.97 bits per heavy atom. The molecule has 0 aromatic heterocycles. The second kappa shape index (κ2) is 12.3. The number of carbonyl (C=O) groups is 1. The van der Waals surface area contributed by atoms with E-state index in [0.717, 1.165) is 25.0 Å². The molecule has 158 valence electrons. The summed E-state index contributed by atoms with van der Waals surface area (Å²) in [4.78, 5) is 11.9. The highest BCUT2D eigenvalue weighted by Crippen LogP contribution is 2.20. The first-order valence-corrected chi connectivity index (χ1v) is 11.1. The van der Waals surface area contributed by atoms with E-state index in [0.29, 0.717) is 5.75 Å². The number of hydrogen-bond acceptors (Lipinski definition) is 3. The van der Waals surface area contributed by atoms with Crippen molar-refractivity contribution in [1.29, 1.82) is 0 Å². The van der Waals surface area contributed by atoms with E-state index < -0.39 is 0 Å². The molecule has 0 bridgehead atoms. The molecular weight excluding hydrogens is 360 g/mol. The van der Waals surface area contributed by atoms with Gasteiger partial charge in [0.1, 0.15) is 11.5 Å². The van der Waals surface area contributed by atoms with Gasteiger partial charge < -0.3 is 9.47 Å². The fourth-order valence-corrected chi connectivity index (χ4v) is 3.13. The van der Waals surface area contributed by atoms with Crippen LogP contribution < -0.4 is 9.47 Å². The van der Waals surface area contributed by atoms with Crippen LogP contribution in [0.15, 0.2) is 48.5 Å². The molecule has 2 unspecified atom stereocenters. The molecule has 0 aliphatic carbocycles. The highest BCUT2D eigenvalue weighted by molar-refractivity contribution is 5.74. The van der Waals surface area contributed by atoms with Crippen molar-refractivity contribution in [2.45, 2.75) is 78.7 Å². The van der Waals surface area contributed by atoms with Gasteiger partial charge >= 0.3 is 5.97 Å². The zero-order chi connectivity index (χ0) is 21.1. The summed E-state index contributed by atoms with van der Waals surface area (Å²) in [6.07, 6.45) is 8.08. The van der Waals surface area contributed by atoms with Gasteiger partial charge in [-0.2, -0.15) is 0 Å². The topological polar surface area (TPSA) is 35.5 Å². The Hall–Kier alpha value is -2.29. The highest BCUT2D eigenvalue weighted by atomic mass is 16.5. The smallest absolute Gasteiger partial charge is 0.314 e. The van der Waals surface area contributed by atoms with Crippen molar-refractivity contribution < 1.29 is 14.3 Å². The Bertz CT molecular complexity index is 719. The maximum Gasteiger partial charge on any atom is 0.314 e. The Morgan fingerprint density at radius 2 is 1.41 bits per heavy atom. The lowest BCUT2D eigenvalue weighted by molar-refractivity contribution is -0.138. The molecule has 0 aliphatic heterocycles. The fraction of sp³-hybridized carbons (Fsp3) is 0.500. The summed E-state index contributed by atoms with van der Waals surface area (Å²) in [7, 11) is 0. The molecule has 2 atom stereocenters. The average molecular weight is 397 g/mol. The molecule has 0 saturated carbocycles. The van der Waals surface area contributed by atoms with Crippen LogP contribution >= 0.6 is 0 Å². The van der Waals surface area contributed by atoms with Crippen molar-refractivity contribution in [3.8, 4) is 11.5 Å².